The number of rotatable bonds is 4. The van der Waals surface area contributed by atoms with Crippen molar-refractivity contribution in [3.63, 3.8) is 0 Å². The molecule has 1 unspecified atom stereocenters. The molecule has 1 rings (SSSR count). The van der Waals surface area contributed by atoms with Crippen LogP contribution < -0.4 is 10.9 Å². The Balaban J connectivity index is 2.28. The first-order valence-corrected chi connectivity index (χ1v) is 6.14. The van der Waals surface area contributed by atoms with Crippen LogP contribution in [0.3, 0.4) is 0 Å². The molecule has 1 fully saturated rings. The van der Waals surface area contributed by atoms with Gasteiger partial charge < -0.3 is 5.11 Å². The second kappa shape index (κ2) is 7.05. The molecule has 0 spiro atoms. The molecular weight excluding hydrogens is 252 g/mol. The van der Waals surface area contributed by atoms with Crippen LogP contribution in [0.4, 0.5) is 0 Å². The van der Waals surface area contributed by atoms with Gasteiger partial charge in [-0.3, -0.25) is 35.0 Å². The average Bonchev–Trinajstić information content (AvgIpc) is 2.36. The Kier molecular flexibility index (Phi) is 5.71. The lowest BCUT2D eigenvalue weighted by Crippen LogP contribution is -2.54. The van der Waals surface area contributed by atoms with Gasteiger partial charge in [0.25, 0.3) is 5.91 Å². The molecule has 19 heavy (non-hydrogen) atoms. The van der Waals surface area contributed by atoms with E-state index in [9.17, 15) is 14.4 Å². The molecular formula is C11H20N4O4. The zero-order valence-corrected chi connectivity index (χ0v) is 11.2. The van der Waals surface area contributed by atoms with Gasteiger partial charge in [-0.15, -0.1) is 0 Å². The first-order valence-electron chi connectivity index (χ1n) is 6.14. The van der Waals surface area contributed by atoms with Gasteiger partial charge in [0.2, 0.25) is 5.91 Å². The van der Waals surface area contributed by atoms with Gasteiger partial charge in [0, 0.05) is 33.1 Å². The molecule has 0 aromatic carbocycles. The van der Waals surface area contributed by atoms with Gasteiger partial charge in [0.15, 0.2) is 0 Å². The number of piperazine rings is 1. The lowest BCUT2D eigenvalue weighted by Gasteiger charge is -2.36. The van der Waals surface area contributed by atoms with Crippen LogP contribution in [0.2, 0.25) is 0 Å². The van der Waals surface area contributed by atoms with Crippen LogP contribution in [0.1, 0.15) is 13.8 Å². The van der Waals surface area contributed by atoms with E-state index >= 15 is 0 Å². The van der Waals surface area contributed by atoms with Crippen molar-refractivity contribution < 1.29 is 19.5 Å². The summed E-state index contributed by atoms with van der Waals surface area (Å²) < 4.78 is 0. The summed E-state index contributed by atoms with van der Waals surface area (Å²) in [6.07, 6.45) is 0. The molecule has 0 aromatic rings. The van der Waals surface area contributed by atoms with Crippen molar-refractivity contribution in [3.05, 3.63) is 0 Å². The summed E-state index contributed by atoms with van der Waals surface area (Å²) in [5.74, 6) is -1.44. The standard InChI is InChI=1S/C11H20N4O4/c1-8(11(18)19)15-5-3-14(4-6-15)7-10(17)13-12-9(2)16/h8H,3-7H2,1-2H3,(H,12,16)(H,13,17)(H,18,19). The van der Waals surface area contributed by atoms with Crippen LogP contribution in [0.5, 0.6) is 0 Å². The van der Waals surface area contributed by atoms with Crippen LogP contribution in [-0.2, 0) is 14.4 Å². The molecule has 0 saturated carbocycles. The van der Waals surface area contributed by atoms with E-state index < -0.39 is 12.0 Å². The van der Waals surface area contributed by atoms with Gasteiger partial charge in [0.1, 0.15) is 6.04 Å². The highest BCUT2D eigenvalue weighted by Crippen LogP contribution is 2.06. The predicted octanol–water partition coefficient (Wildman–Crippen LogP) is -1.76. The van der Waals surface area contributed by atoms with Crippen LogP contribution in [0.15, 0.2) is 0 Å². The number of carboxylic acid groups (broad SMARTS) is 1. The van der Waals surface area contributed by atoms with E-state index in [0.717, 1.165) is 0 Å². The molecule has 1 aliphatic rings. The predicted molar refractivity (Wildman–Crippen MR) is 67.1 cm³/mol. The first-order chi connectivity index (χ1) is 8.90. The Labute approximate surface area is 111 Å². The third kappa shape index (κ3) is 5.23. The fourth-order valence-electron chi connectivity index (χ4n) is 1.87. The van der Waals surface area contributed by atoms with E-state index in [1.807, 2.05) is 9.80 Å². The molecule has 1 saturated heterocycles. The van der Waals surface area contributed by atoms with Gasteiger partial charge >= 0.3 is 5.97 Å². The maximum absolute atomic E-state index is 11.5. The summed E-state index contributed by atoms with van der Waals surface area (Å²) >= 11 is 0. The van der Waals surface area contributed by atoms with Gasteiger partial charge in [-0.05, 0) is 6.92 Å². The normalized spacial score (nSPS) is 18.6. The van der Waals surface area contributed by atoms with Crippen molar-refractivity contribution in [3.8, 4) is 0 Å². The number of hydrogen-bond acceptors (Lipinski definition) is 5. The maximum atomic E-state index is 11.5. The average molecular weight is 272 g/mol. The number of nitrogens with zero attached hydrogens (tertiary/aromatic N) is 2. The summed E-state index contributed by atoms with van der Waals surface area (Å²) in [5, 5.41) is 8.91. The molecule has 0 aliphatic carbocycles. The topological polar surface area (TPSA) is 102 Å². The lowest BCUT2D eigenvalue weighted by atomic mass is 10.2. The van der Waals surface area contributed by atoms with E-state index in [0.29, 0.717) is 26.2 Å². The van der Waals surface area contributed by atoms with E-state index in [1.54, 1.807) is 6.92 Å². The summed E-state index contributed by atoms with van der Waals surface area (Å²) in [6, 6.07) is -0.504. The number of hydrogen-bond donors (Lipinski definition) is 3. The summed E-state index contributed by atoms with van der Waals surface area (Å²) in [5.41, 5.74) is 4.52. The maximum Gasteiger partial charge on any atom is 0.320 e. The minimum atomic E-state index is -0.836. The number of amides is 2. The van der Waals surface area contributed by atoms with Crippen LogP contribution in [-0.4, -0.2) is 71.5 Å². The number of hydrazine groups is 1. The fraction of sp³-hybridized carbons (Fsp3) is 0.727. The van der Waals surface area contributed by atoms with Crippen molar-refractivity contribution in [2.45, 2.75) is 19.9 Å². The molecule has 8 nitrogen and oxygen atoms in total. The van der Waals surface area contributed by atoms with E-state index in [2.05, 4.69) is 10.9 Å². The number of aliphatic carboxylic acids is 1. The van der Waals surface area contributed by atoms with E-state index in [-0.39, 0.29) is 18.4 Å². The van der Waals surface area contributed by atoms with Crippen molar-refractivity contribution in [2.24, 2.45) is 0 Å². The molecule has 1 heterocycles. The fourth-order valence-corrected chi connectivity index (χ4v) is 1.87. The second-order valence-corrected chi connectivity index (χ2v) is 4.56. The van der Waals surface area contributed by atoms with Crippen molar-refractivity contribution in [2.75, 3.05) is 32.7 Å². The number of carboxylic acids is 1. The minimum absolute atomic E-state index is 0.190. The van der Waals surface area contributed by atoms with Gasteiger partial charge in [-0.25, -0.2) is 0 Å². The molecule has 2 amide bonds. The molecule has 8 heteroatoms. The lowest BCUT2D eigenvalue weighted by molar-refractivity contribution is -0.143. The minimum Gasteiger partial charge on any atom is -0.480 e. The third-order valence-electron chi connectivity index (χ3n) is 3.06. The van der Waals surface area contributed by atoms with Crippen LogP contribution in [0, 0.1) is 0 Å². The Hall–Kier alpha value is -1.67. The Bertz CT molecular complexity index is 353. The van der Waals surface area contributed by atoms with Crippen molar-refractivity contribution >= 4 is 17.8 Å². The molecule has 0 bridgehead atoms. The van der Waals surface area contributed by atoms with Crippen LogP contribution >= 0.6 is 0 Å². The second-order valence-electron chi connectivity index (χ2n) is 4.56. The number of carbonyl (C=O) groups excluding carboxylic acids is 2. The van der Waals surface area contributed by atoms with Crippen molar-refractivity contribution in [1.29, 1.82) is 0 Å². The smallest absolute Gasteiger partial charge is 0.320 e. The van der Waals surface area contributed by atoms with Gasteiger partial charge in [-0.1, -0.05) is 0 Å². The molecule has 0 radical (unpaired) electrons. The Morgan fingerprint density at radius 2 is 1.74 bits per heavy atom. The highest BCUT2D eigenvalue weighted by Gasteiger charge is 2.25. The Morgan fingerprint density at radius 3 is 2.21 bits per heavy atom. The highest BCUT2D eigenvalue weighted by molar-refractivity contribution is 5.81. The first kappa shape index (κ1) is 15.4. The molecule has 1 aliphatic heterocycles. The van der Waals surface area contributed by atoms with E-state index in [4.69, 9.17) is 5.11 Å². The largest absolute Gasteiger partial charge is 0.480 e. The number of nitrogens with one attached hydrogen (secondary N) is 2. The monoisotopic (exact) mass is 272 g/mol. The molecule has 1 atom stereocenters. The van der Waals surface area contributed by atoms with E-state index in [1.165, 1.54) is 6.92 Å². The molecule has 3 N–H and O–H groups in total. The summed E-state index contributed by atoms with van der Waals surface area (Å²) in [4.78, 5) is 36.7. The summed E-state index contributed by atoms with van der Waals surface area (Å²) in [7, 11) is 0. The SMILES string of the molecule is CC(=O)NNC(=O)CN1CCN(C(C)C(=O)O)CC1. The van der Waals surface area contributed by atoms with Crippen LogP contribution in [0.25, 0.3) is 0 Å². The quantitative estimate of drug-likeness (QED) is 0.524. The molecule has 0 aromatic heterocycles. The number of carbonyl (C=O) groups is 3. The van der Waals surface area contributed by atoms with Gasteiger partial charge in [-0.2, -0.15) is 0 Å². The highest BCUT2D eigenvalue weighted by atomic mass is 16.4. The van der Waals surface area contributed by atoms with Gasteiger partial charge in [0.05, 0.1) is 6.54 Å². The molecule has 108 valence electrons. The van der Waals surface area contributed by atoms with Crippen molar-refractivity contribution in [1.82, 2.24) is 20.7 Å². The summed E-state index contributed by atoms with van der Waals surface area (Å²) in [6.45, 7) is 5.64. The zero-order chi connectivity index (χ0) is 14.4. The Morgan fingerprint density at radius 1 is 1.16 bits per heavy atom. The third-order valence-corrected chi connectivity index (χ3v) is 3.06. The zero-order valence-electron chi connectivity index (χ0n) is 11.2.